The Labute approximate surface area is 239 Å². The second-order valence-electron chi connectivity index (χ2n) is 10.9. The van der Waals surface area contributed by atoms with E-state index in [1.807, 2.05) is 55.5 Å². The van der Waals surface area contributed by atoms with Gasteiger partial charge in [0.2, 0.25) is 0 Å². The molecule has 0 bridgehead atoms. The molecule has 1 saturated heterocycles. The summed E-state index contributed by atoms with van der Waals surface area (Å²) in [5, 5.41) is 17.2. The van der Waals surface area contributed by atoms with E-state index in [9.17, 15) is 14.4 Å². The van der Waals surface area contributed by atoms with E-state index in [-0.39, 0.29) is 38.8 Å². The second kappa shape index (κ2) is 13.7. The van der Waals surface area contributed by atoms with Crippen molar-refractivity contribution in [1.29, 1.82) is 0 Å². The number of epoxide rings is 1. The van der Waals surface area contributed by atoms with E-state index in [4.69, 9.17) is 24.2 Å². The average Bonchev–Trinajstić information content (AvgIpc) is 3.80. The molecule has 0 aliphatic carbocycles. The number of fused-ring (bicyclic) bond motifs is 2. The largest absolute Gasteiger partial charge is 0.463 e. The highest BCUT2D eigenvalue weighted by atomic mass is 16.7. The fourth-order valence-electron chi connectivity index (χ4n) is 4.90. The van der Waals surface area contributed by atoms with Crippen LogP contribution >= 0.6 is 0 Å². The summed E-state index contributed by atoms with van der Waals surface area (Å²) in [7, 11) is 0. The highest BCUT2D eigenvalue weighted by molar-refractivity contribution is 6.13. The molecule has 4 rings (SSSR count). The van der Waals surface area contributed by atoms with Crippen molar-refractivity contribution in [2.75, 3.05) is 26.4 Å². The molecular formula is C32H37NO8. The van der Waals surface area contributed by atoms with E-state index < -0.39 is 35.2 Å². The quantitative estimate of drug-likeness (QED) is 0.0741. The van der Waals surface area contributed by atoms with Crippen LogP contribution in [-0.4, -0.2) is 61.8 Å². The van der Waals surface area contributed by atoms with E-state index in [1.54, 1.807) is 20.1 Å². The van der Waals surface area contributed by atoms with Gasteiger partial charge in [-0.15, -0.1) is 0 Å². The Kier molecular flexibility index (Phi) is 10.1. The Balaban J connectivity index is 1.48. The van der Waals surface area contributed by atoms with Crippen LogP contribution in [0.15, 0.2) is 59.8 Å². The SMILES string of the molecule is CCC(CC(CC(C)(C)C(=O)O/N=C/c1c2ccccc2cc2ccccc12)C(=O)OCCO)C(=O)OCC1CO1. The Morgan fingerprint density at radius 1 is 1.02 bits per heavy atom. The van der Waals surface area contributed by atoms with Gasteiger partial charge < -0.3 is 24.2 Å². The first-order valence-electron chi connectivity index (χ1n) is 13.9. The summed E-state index contributed by atoms with van der Waals surface area (Å²) >= 11 is 0. The van der Waals surface area contributed by atoms with Crippen LogP contribution in [0.1, 0.15) is 45.6 Å². The maximum Gasteiger partial charge on any atom is 0.340 e. The van der Waals surface area contributed by atoms with Crippen LogP contribution in [0.3, 0.4) is 0 Å². The Hall–Kier alpha value is -3.82. The smallest absolute Gasteiger partial charge is 0.340 e. The van der Waals surface area contributed by atoms with Crippen molar-refractivity contribution in [1.82, 2.24) is 0 Å². The molecule has 41 heavy (non-hydrogen) atoms. The molecule has 3 aromatic rings. The summed E-state index contributed by atoms with van der Waals surface area (Å²) in [4.78, 5) is 44.1. The van der Waals surface area contributed by atoms with Gasteiger partial charge in [-0.2, -0.15) is 0 Å². The molecule has 3 unspecified atom stereocenters. The summed E-state index contributed by atoms with van der Waals surface area (Å²) in [6, 6.07) is 17.9. The number of rotatable bonds is 14. The van der Waals surface area contributed by atoms with Gasteiger partial charge in [-0.3, -0.25) is 9.59 Å². The van der Waals surface area contributed by atoms with E-state index in [2.05, 4.69) is 11.2 Å². The third-order valence-corrected chi connectivity index (χ3v) is 7.32. The number of hydrogen-bond acceptors (Lipinski definition) is 9. The van der Waals surface area contributed by atoms with Crippen LogP contribution in [0.2, 0.25) is 0 Å². The van der Waals surface area contributed by atoms with E-state index in [0.717, 1.165) is 27.1 Å². The highest BCUT2D eigenvalue weighted by Gasteiger charge is 2.38. The molecule has 0 radical (unpaired) electrons. The fraction of sp³-hybridized carbons (Fsp3) is 0.438. The number of aliphatic hydroxyl groups is 1. The Bertz CT molecular complexity index is 1360. The standard InChI is InChI=1S/C32H37NO8/c1-4-21(29(35)40-20-25-19-39-25)15-24(30(36)38-14-13-34)17-32(2,3)31(37)41-33-18-28-26-11-7-5-9-22(26)16-23-10-6-8-12-27(23)28/h5-12,16,18,21,24-25,34H,4,13-15,17,19-20H2,1-3H3/b33-18+. The van der Waals surface area contributed by atoms with Gasteiger partial charge in [0.15, 0.2) is 0 Å². The normalized spacial score (nSPS) is 16.4. The van der Waals surface area contributed by atoms with Gasteiger partial charge in [0.05, 0.1) is 36.7 Å². The van der Waals surface area contributed by atoms with Crippen molar-refractivity contribution >= 4 is 45.7 Å². The molecule has 0 saturated carbocycles. The first-order chi connectivity index (χ1) is 19.7. The minimum atomic E-state index is -1.13. The third kappa shape index (κ3) is 7.89. The molecule has 3 atom stereocenters. The molecule has 0 aromatic heterocycles. The third-order valence-electron chi connectivity index (χ3n) is 7.32. The molecule has 1 aliphatic rings. The molecule has 1 aliphatic heterocycles. The van der Waals surface area contributed by atoms with Crippen molar-refractivity contribution in [2.45, 2.75) is 46.1 Å². The Morgan fingerprint density at radius 2 is 1.63 bits per heavy atom. The predicted octanol–water partition coefficient (Wildman–Crippen LogP) is 4.80. The van der Waals surface area contributed by atoms with Gasteiger partial charge >= 0.3 is 17.9 Å². The van der Waals surface area contributed by atoms with E-state index >= 15 is 0 Å². The lowest BCUT2D eigenvalue weighted by molar-refractivity contribution is -0.159. The van der Waals surface area contributed by atoms with Crippen molar-refractivity contribution in [3.63, 3.8) is 0 Å². The summed E-state index contributed by atoms with van der Waals surface area (Å²) in [5.74, 6) is -3.01. The molecule has 1 heterocycles. The first kappa shape index (κ1) is 30.1. The monoisotopic (exact) mass is 563 g/mol. The van der Waals surface area contributed by atoms with Crippen LogP contribution in [-0.2, 0) is 33.4 Å². The zero-order chi connectivity index (χ0) is 29.4. The molecule has 9 heteroatoms. The van der Waals surface area contributed by atoms with Crippen LogP contribution in [0.5, 0.6) is 0 Å². The second-order valence-corrected chi connectivity index (χ2v) is 10.9. The minimum absolute atomic E-state index is 0.0539. The summed E-state index contributed by atoms with van der Waals surface area (Å²) < 4.78 is 15.6. The Morgan fingerprint density at radius 3 is 2.22 bits per heavy atom. The molecular weight excluding hydrogens is 526 g/mol. The highest BCUT2D eigenvalue weighted by Crippen LogP contribution is 2.33. The minimum Gasteiger partial charge on any atom is -0.463 e. The van der Waals surface area contributed by atoms with Crippen molar-refractivity contribution in [3.05, 3.63) is 60.2 Å². The van der Waals surface area contributed by atoms with Crippen LogP contribution in [0.25, 0.3) is 21.5 Å². The van der Waals surface area contributed by atoms with E-state index in [0.29, 0.717) is 13.0 Å². The number of aliphatic hydroxyl groups excluding tert-OH is 1. The van der Waals surface area contributed by atoms with Crippen molar-refractivity contribution < 1.29 is 38.5 Å². The maximum atomic E-state index is 13.2. The van der Waals surface area contributed by atoms with Gasteiger partial charge in [-0.05, 0) is 60.7 Å². The van der Waals surface area contributed by atoms with Crippen LogP contribution in [0.4, 0.5) is 0 Å². The molecule has 0 spiro atoms. The molecule has 0 amide bonds. The maximum absolute atomic E-state index is 13.2. The molecule has 9 nitrogen and oxygen atoms in total. The lowest BCUT2D eigenvalue weighted by atomic mass is 9.79. The van der Waals surface area contributed by atoms with Gasteiger partial charge in [0, 0.05) is 5.56 Å². The number of nitrogens with zero attached hydrogens (tertiary/aromatic N) is 1. The lowest BCUT2D eigenvalue weighted by Crippen LogP contribution is -2.34. The van der Waals surface area contributed by atoms with Crippen LogP contribution < -0.4 is 0 Å². The number of hydrogen-bond donors (Lipinski definition) is 1. The van der Waals surface area contributed by atoms with Gasteiger partial charge in [-0.1, -0.05) is 60.6 Å². The number of oxime groups is 1. The summed E-state index contributed by atoms with van der Waals surface area (Å²) in [6.45, 7) is 5.39. The topological polar surface area (TPSA) is 124 Å². The number of benzene rings is 3. The number of carbonyl (C=O) groups is 3. The molecule has 1 fully saturated rings. The molecule has 1 N–H and O–H groups in total. The number of carbonyl (C=O) groups excluding carboxylic acids is 3. The van der Waals surface area contributed by atoms with Gasteiger partial charge in [-0.25, -0.2) is 4.79 Å². The summed E-state index contributed by atoms with van der Waals surface area (Å²) in [5.41, 5.74) is -0.304. The fourth-order valence-corrected chi connectivity index (χ4v) is 4.90. The predicted molar refractivity (Wildman–Crippen MR) is 154 cm³/mol. The number of ether oxygens (including phenoxy) is 3. The van der Waals surface area contributed by atoms with Crippen LogP contribution in [0, 0.1) is 17.3 Å². The van der Waals surface area contributed by atoms with Crippen molar-refractivity contribution in [3.8, 4) is 0 Å². The van der Waals surface area contributed by atoms with Gasteiger partial charge in [0.1, 0.15) is 19.3 Å². The lowest BCUT2D eigenvalue weighted by Gasteiger charge is -2.27. The molecule has 218 valence electrons. The average molecular weight is 564 g/mol. The first-order valence-corrected chi connectivity index (χ1v) is 13.9. The summed E-state index contributed by atoms with van der Waals surface area (Å²) in [6.07, 6.45) is 2.11. The molecule has 3 aromatic carbocycles. The van der Waals surface area contributed by atoms with E-state index in [1.165, 1.54) is 0 Å². The number of esters is 2. The van der Waals surface area contributed by atoms with Gasteiger partial charge in [0.25, 0.3) is 0 Å². The zero-order valence-electron chi connectivity index (χ0n) is 23.7. The van der Waals surface area contributed by atoms with Crippen molar-refractivity contribution in [2.24, 2.45) is 22.4 Å². The zero-order valence-corrected chi connectivity index (χ0v) is 23.7.